The van der Waals surface area contributed by atoms with Crippen molar-refractivity contribution in [2.24, 2.45) is 5.92 Å². The lowest BCUT2D eigenvalue weighted by Gasteiger charge is -2.30. The maximum Gasteiger partial charge on any atom is 0.227 e. The summed E-state index contributed by atoms with van der Waals surface area (Å²) in [6.45, 7) is 3.39. The minimum absolute atomic E-state index is 0.150. The van der Waals surface area contributed by atoms with Crippen molar-refractivity contribution in [3.8, 4) is 0 Å². The quantitative estimate of drug-likeness (QED) is 0.860. The number of hydrogen-bond acceptors (Lipinski definition) is 4. The van der Waals surface area contributed by atoms with Crippen LogP contribution in [-0.2, 0) is 9.53 Å². The van der Waals surface area contributed by atoms with Crippen molar-refractivity contribution in [3.63, 3.8) is 0 Å². The first-order valence-corrected chi connectivity index (χ1v) is 7.42. The molecule has 0 saturated heterocycles. The van der Waals surface area contributed by atoms with Gasteiger partial charge in [0.05, 0.1) is 5.69 Å². The van der Waals surface area contributed by atoms with Crippen LogP contribution >= 0.6 is 11.8 Å². The number of nitrogen functional groups attached to an aromatic ring is 1. The minimum Gasteiger partial charge on any atom is -0.399 e. The first-order valence-electron chi connectivity index (χ1n) is 6.43. The summed E-state index contributed by atoms with van der Waals surface area (Å²) in [5.74, 6) is 1.31. The molecule has 1 aromatic carbocycles. The number of anilines is 2. The van der Waals surface area contributed by atoms with Crippen molar-refractivity contribution in [1.82, 2.24) is 0 Å². The van der Waals surface area contributed by atoms with Gasteiger partial charge in [0.25, 0.3) is 0 Å². The van der Waals surface area contributed by atoms with Gasteiger partial charge in [-0.25, -0.2) is 0 Å². The molecule has 5 heteroatoms. The van der Waals surface area contributed by atoms with E-state index in [0.717, 1.165) is 22.9 Å². The van der Waals surface area contributed by atoms with Crippen LogP contribution in [0.25, 0.3) is 0 Å². The number of amides is 1. The molecule has 1 aliphatic rings. The molecule has 1 amide bonds. The molecule has 1 aromatic rings. The Morgan fingerprint density at radius 3 is 3.11 bits per heavy atom. The molecule has 2 N–H and O–H groups in total. The number of hydrogen-bond donors (Lipinski definition) is 1. The predicted molar refractivity (Wildman–Crippen MR) is 79.6 cm³/mol. The predicted octanol–water partition coefficient (Wildman–Crippen LogP) is 2.38. The summed E-state index contributed by atoms with van der Waals surface area (Å²) in [5.41, 5.74) is 7.47. The molecule has 1 aliphatic heterocycles. The fourth-order valence-corrected chi connectivity index (χ4v) is 3.22. The van der Waals surface area contributed by atoms with Gasteiger partial charge in [0.2, 0.25) is 5.91 Å². The molecule has 0 radical (unpaired) electrons. The van der Waals surface area contributed by atoms with E-state index in [1.165, 1.54) is 0 Å². The van der Waals surface area contributed by atoms with E-state index in [4.69, 9.17) is 10.5 Å². The third-order valence-corrected chi connectivity index (χ3v) is 4.16. The van der Waals surface area contributed by atoms with Gasteiger partial charge in [0.15, 0.2) is 0 Å². The smallest absolute Gasteiger partial charge is 0.227 e. The van der Waals surface area contributed by atoms with E-state index in [1.54, 1.807) is 18.9 Å². The van der Waals surface area contributed by atoms with E-state index >= 15 is 0 Å². The number of ether oxygens (including phenoxy) is 1. The van der Waals surface area contributed by atoms with Gasteiger partial charge in [-0.05, 0) is 24.1 Å². The number of nitrogens with zero attached hydrogens (tertiary/aromatic N) is 1. The summed E-state index contributed by atoms with van der Waals surface area (Å²) in [6, 6.07) is 5.76. The highest BCUT2D eigenvalue weighted by Crippen LogP contribution is 2.36. The van der Waals surface area contributed by atoms with Crippen molar-refractivity contribution in [2.45, 2.75) is 18.2 Å². The highest BCUT2D eigenvalue weighted by Gasteiger charge is 2.24. The van der Waals surface area contributed by atoms with Crippen molar-refractivity contribution >= 4 is 29.0 Å². The van der Waals surface area contributed by atoms with Gasteiger partial charge < -0.3 is 15.4 Å². The molecule has 1 atom stereocenters. The molecule has 0 bridgehead atoms. The average molecular weight is 280 g/mol. The molecule has 0 aliphatic carbocycles. The van der Waals surface area contributed by atoms with Gasteiger partial charge in [0, 0.05) is 43.0 Å². The number of methoxy groups -OCH3 is 1. The Hall–Kier alpha value is -1.20. The van der Waals surface area contributed by atoms with E-state index in [9.17, 15) is 4.79 Å². The van der Waals surface area contributed by atoms with Crippen LogP contribution in [0, 0.1) is 5.92 Å². The molecule has 1 unspecified atom stereocenters. The number of thioether (sulfide) groups is 1. The first-order chi connectivity index (χ1) is 9.11. The normalized spacial score (nSPS) is 16.0. The van der Waals surface area contributed by atoms with Gasteiger partial charge in [-0.3, -0.25) is 4.79 Å². The second-order valence-electron chi connectivity index (χ2n) is 4.89. The van der Waals surface area contributed by atoms with Crippen LogP contribution in [0.5, 0.6) is 0 Å². The maximum atomic E-state index is 12.4. The fourth-order valence-electron chi connectivity index (χ4n) is 2.25. The zero-order valence-electron chi connectivity index (χ0n) is 11.4. The number of benzene rings is 1. The molecule has 0 aromatic heterocycles. The van der Waals surface area contributed by atoms with Crippen LogP contribution in [-0.4, -0.2) is 31.9 Å². The Kier molecular flexibility index (Phi) is 4.71. The largest absolute Gasteiger partial charge is 0.399 e. The lowest BCUT2D eigenvalue weighted by atomic mass is 10.1. The van der Waals surface area contributed by atoms with Crippen LogP contribution in [0.15, 0.2) is 23.1 Å². The Morgan fingerprint density at radius 2 is 2.37 bits per heavy atom. The molecular formula is C14H20N2O2S. The standard InChI is InChI=1S/C14H20N2O2S/c1-10(9-18-2)7-14(17)16-5-6-19-13-4-3-11(15)8-12(13)16/h3-4,8,10H,5-7,9,15H2,1-2H3. The highest BCUT2D eigenvalue weighted by atomic mass is 32.2. The number of nitrogens with two attached hydrogens (primary N) is 1. The minimum atomic E-state index is 0.150. The van der Waals surface area contributed by atoms with Crippen molar-refractivity contribution in [1.29, 1.82) is 0 Å². The van der Waals surface area contributed by atoms with Gasteiger partial charge in [-0.1, -0.05) is 6.92 Å². The monoisotopic (exact) mass is 280 g/mol. The zero-order chi connectivity index (χ0) is 13.8. The second-order valence-corrected chi connectivity index (χ2v) is 6.02. The number of rotatable bonds is 4. The van der Waals surface area contributed by atoms with E-state index in [-0.39, 0.29) is 11.8 Å². The van der Waals surface area contributed by atoms with E-state index in [1.807, 2.05) is 30.0 Å². The zero-order valence-corrected chi connectivity index (χ0v) is 12.2. The SMILES string of the molecule is COCC(C)CC(=O)N1CCSc2ccc(N)cc21. The van der Waals surface area contributed by atoms with Crippen molar-refractivity contribution in [2.75, 3.05) is 36.6 Å². The van der Waals surface area contributed by atoms with Gasteiger partial charge >= 0.3 is 0 Å². The lowest BCUT2D eigenvalue weighted by Crippen LogP contribution is -2.36. The summed E-state index contributed by atoms with van der Waals surface area (Å²) < 4.78 is 5.09. The van der Waals surface area contributed by atoms with Crippen LogP contribution in [0.3, 0.4) is 0 Å². The number of carbonyl (C=O) groups is 1. The summed E-state index contributed by atoms with van der Waals surface area (Å²) in [4.78, 5) is 15.4. The van der Waals surface area contributed by atoms with Crippen LogP contribution in [0.4, 0.5) is 11.4 Å². The second kappa shape index (κ2) is 6.30. The summed E-state index contributed by atoms with van der Waals surface area (Å²) in [5, 5.41) is 0. The molecule has 0 saturated carbocycles. The Bertz CT molecular complexity index is 465. The highest BCUT2D eigenvalue weighted by molar-refractivity contribution is 7.99. The Morgan fingerprint density at radius 1 is 1.58 bits per heavy atom. The molecule has 4 nitrogen and oxygen atoms in total. The van der Waals surface area contributed by atoms with Crippen LogP contribution < -0.4 is 10.6 Å². The number of carbonyl (C=O) groups excluding carboxylic acids is 1. The molecule has 2 rings (SSSR count). The van der Waals surface area contributed by atoms with Crippen molar-refractivity contribution < 1.29 is 9.53 Å². The van der Waals surface area contributed by atoms with E-state index < -0.39 is 0 Å². The average Bonchev–Trinajstić information content (AvgIpc) is 2.38. The van der Waals surface area contributed by atoms with Crippen molar-refractivity contribution in [3.05, 3.63) is 18.2 Å². The van der Waals surface area contributed by atoms with Gasteiger partial charge in [-0.2, -0.15) is 0 Å². The van der Waals surface area contributed by atoms with Gasteiger partial charge in [0.1, 0.15) is 0 Å². The third-order valence-electron chi connectivity index (χ3n) is 3.12. The van der Waals surface area contributed by atoms with E-state index in [0.29, 0.717) is 18.7 Å². The Labute approximate surface area is 118 Å². The van der Waals surface area contributed by atoms with E-state index in [2.05, 4.69) is 0 Å². The summed E-state index contributed by atoms with van der Waals surface area (Å²) >= 11 is 1.77. The van der Waals surface area contributed by atoms with Crippen LogP contribution in [0.2, 0.25) is 0 Å². The molecule has 0 fully saturated rings. The first kappa shape index (κ1) is 14.2. The molecule has 1 heterocycles. The topological polar surface area (TPSA) is 55.6 Å². The maximum absolute atomic E-state index is 12.4. The molecule has 19 heavy (non-hydrogen) atoms. The third kappa shape index (κ3) is 3.42. The number of fused-ring (bicyclic) bond motifs is 1. The fraction of sp³-hybridized carbons (Fsp3) is 0.500. The van der Waals surface area contributed by atoms with Crippen LogP contribution in [0.1, 0.15) is 13.3 Å². The summed E-state index contributed by atoms with van der Waals surface area (Å²) in [7, 11) is 1.66. The molecular weight excluding hydrogens is 260 g/mol. The Balaban J connectivity index is 2.14. The molecule has 104 valence electrons. The lowest BCUT2D eigenvalue weighted by molar-refractivity contribution is -0.119. The summed E-state index contributed by atoms with van der Waals surface area (Å²) in [6.07, 6.45) is 0.507. The van der Waals surface area contributed by atoms with Gasteiger partial charge in [-0.15, -0.1) is 11.8 Å². The molecule has 0 spiro atoms.